The maximum Gasteiger partial charge on any atom is 0.255 e. The molecule has 4 rings (SSSR count). The van der Waals surface area contributed by atoms with Gasteiger partial charge in [0.2, 0.25) is 0 Å². The second kappa shape index (κ2) is 10.3. The Balaban J connectivity index is 1.37. The normalized spacial score (nSPS) is 16.5. The molecule has 32 heavy (non-hydrogen) atoms. The van der Waals surface area contributed by atoms with Crippen molar-refractivity contribution < 1.29 is 14.0 Å². The molecular weight excluding hydrogens is 402 g/mol. The van der Waals surface area contributed by atoms with Gasteiger partial charge in [0.05, 0.1) is 24.1 Å². The number of rotatable bonds is 7. The highest BCUT2D eigenvalue weighted by atomic mass is 16.3. The number of carbonyl (C=O) groups is 2. The van der Waals surface area contributed by atoms with Crippen molar-refractivity contribution in [1.82, 2.24) is 10.2 Å². The molecule has 3 aromatic rings. The number of para-hydroxylation sites is 1. The minimum Gasteiger partial charge on any atom is -0.467 e. The summed E-state index contributed by atoms with van der Waals surface area (Å²) in [5, 5.41) is 5.69. The summed E-state index contributed by atoms with van der Waals surface area (Å²) in [5.41, 5.74) is 2.64. The summed E-state index contributed by atoms with van der Waals surface area (Å²) in [5.74, 6) is 0.891. The zero-order valence-corrected chi connectivity index (χ0v) is 18.3. The molecule has 166 valence electrons. The lowest BCUT2D eigenvalue weighted by Gasteiger charge is -2.30. The second-order valence-corrected chi connectivity index (χ2v) is 8.44. The van der Waals surface area contributed by atoms with Crippen LogP contribution in [0.2, 0.25) is 0 Å². The van der Waals surface area contributed by atoms with Gasteiger partial charge in [0.25, 0.3) is 11.8 Å². The van der Waals surface area contributed by atoms with Crippen LogP contribution < -0.4 is 10.6 Å². The fourth-order valence-electron chi connectivity index (χ4n) is 4.11. The van der Waals surface area contributed by atoms with Gasteiger partial charge < -0.3 is 15.1 Å². The van der Waals surface area contributed by atoms with Crippen LogP contribution in [-0.2, 0) is 13.1 Å². The number of nitrogens with one attached hydrogen (secondary N) is 2. The van der Waals surface area contributed by atoms with Crippen LogP contribution in [0.15, 0.2) is 71.3 Å². The highest BCUT2D eigenvalue weighted by Crippen LogP contribution is 2.19. The Morgan fingerprint density at radius 2 is 1.84 bits per heavy atom. The fourth-order valence-corrected chi connectivity index (χ4v) is 4.11. The Morgan fingerprint density at radius 1 is 1.03 bits per heavy atom. The Labute approximate surface area is 188 Å². The Kier molecular flexibility index (Phi) is 7.02. The molecule has 6 heteroatoms. The molecule has 1 fully saturated rings. The van der Waals surface area contributed by atoms with Crippen LogP contribution in [-0.4, -0.2) is 29.8 Å². The van der Waals surface area contributed by atoms with Crippen molar-refractivity contribution >= 4 is 17.5 Å². The van der Waals surface area contributed by atoms with Crippen molar-refractivity contribution in [3.05, 3.63) is 89.4 Å². The zero-order chi connectivity index (χ0) is 22.3. The maximum atomic E-state index is 12.8. The monoisotopic (exact) mass is 431 g/mol. The fraction of sp³-hybridized carbons (Fsp3) is 0.308. The van der Waals surface area contributed by atoms with Crippen LogP contribution >= 0.6 is 0 Å². The molecule has 2 heterocycles. The van der Waals surface area contributed by atoms with Gasteiger partial charge in [0.1, 0.15) is 5.76 Å². The van der Waals surface area contributed by atoms with E-state index >= 15 is 0 Å². The summed E-state index contributed by atoms with van der Waals surface area (Å²) in [4.78, 5) is 27.9. The van der Waals surface area contributed by atoms with E-state index in [9.17, 15) is 9.59 Å². The Morgan fingerprint density at radius 3 is 2.59 bits per heavy atom. The van der Waals surface area contributed by atoms with Gasteiger partial charge in [0, 0.05) is 18.7 Å². The van der Waals surface area contributed by atoms with E-state index in [-0.39, 0.29) is 18.4 Å². The van der Waals surface area contributed by atoms with Crippen LogP contribution in [0.3, 0.4) is 0 Å². The summed E-state index contributed by atoms with van der Waals surface area (Å²) < 4.78 is 5.25. The highest BCUT2D eigenvalue weighted by molar-refractivity contribution is 6.09. The average molecular weight is 432 g/mol. The summed E-state index contributed by atoms with van der Waals surface area (Å²) in [6.45, 7) is 5.75. The van der Waals surface area contributed by atoms with E-state index in [0.717, 1.165) is 25.6 Å². The molecule has 0 saturated carbocycles. The van der Waals surface area contributed by atoms with Crippen LogP contribution in [0.4, 0.5) is 5.69 Å². The minimum atomic E-state index is -0.275. The van der Waals surface area contributed by atoms with Crippen molar-refractivity contribution in [2.75, 3.05) is 18.4 Å². The largest absolute Gasteiger partial charge is 0.467 e. The van der Waals surface area contributed by atoms with Crippen molar-refractivity contribution in [2.45, 2.75) is 32.9 Å². The first-order chi connectivity index (χ1) is 15.6. The van der Waals surface area contributed by atoms with Crippen LogP contribution in [0.1, 0.15) is 51.8 Å². The van der Waals surface area contributed by atoms with Crippen LogP contribution in [0, 0.1) is 5.92 Å². The summed E-state index contributed by atoms with van der Waals surface area (Å²) in [6, 6.07) is 18.3. The molecule has 1 aromatic heterocycles. The van der Waals surface area contributed by atoms with Crippen molar-refractivity contribution in [1.29, 1.82) is 0 Å². The van der Waals surface area contributed by atoms with E-state index in [0.29, 0.717) is 22.6 Å². The summed E-state index contributed by atoms with van der Waals surface area (Å²) in [7, 11) is 0. The number of piperidine rings is 1. The van der Waals surface area contributed by atoms with Crippen molar-refractivity contribution in [3.63, 3.8) is 0 Å². The Bertz CT molecular complexity index is 1040. The molecule has 0 radical (unpaired) electrons. The molecule has 1 aliphatic heterocycles. The number of carbonyl (C=O) groups excluding carboxylic acids is 2. The first-order valence-electron chi connectivity index (χ1n) is 11.1. The molecule has 6 nitrogen and oxygen atoms in total. The third kappa shape index (κ3) is 5.65. The number of amides is 2. The van der Waals surface area contributed by atoms with Crippen molar-refractivity contribution in [3.8, 4) is 0 Å². The predicted molar refractivity (Wildman–Crippen MR) is 124 cm³/mol. The van der Waals surface area contributed by atoms with E-state index in [1.807, 2.05) is 24.3 Å². The van der Waals surface area contributed by atoms with E-state index < -0.39 is 0 Å². The second-order valence-electron chi connectivity index (χ2n) is 8.44. The van der Waals surface area contributed by atoms with Gasteiger partial charge in [-0.25, -0.2) is 0 Å². The van der Waals surface area contributed by atoms with E-state index in [4.69, 9.17) is 4.42 Å². The van der Waals surface area contributed by atoms with Gasteiger partial charge in [-0.05, 0) is 67.3 Å². The number of likely N-dealkylation sites (tertiary alicyclic amines) is 1. The zero-order valence-electron chi connectivity index (χ0n) is 18.3. The number of anilines is 1. The first kappa shape index (κ1) is 21.8. The minimum absolute atomic E-state index is 0.241. The Hall–Kier alpha value is -3.38. The van der Waals surface area contributed by atoms with Gasteiger partial charge in [-0.1, -0.05) is 31.2 Å². The maximum absolute atomic E-state index is 12.8. The molecule has 0 aliphatic carbocycles. The number of hydrogen-bond donors (Lipinski definition) is 2. The molecule has 0 spiro atoms. The first-order valence-corrected chi connectivity index (χ1v) is 11.1. The predicted octanol–water partition coefficient (Wildman–Crippen LogP) is 4.69. The lowest BCUT2D eigenvalue weighted by Crippen LogP contribution is -2.33. The summed E-state index contributed by atoms with van der Waals surface area (Å²) >= 11 is 0. The topological polar surface area (TPSA) is 74.6 Å². The van der Waals surface area contributed by atoms with Gasteiger partial charge in [-0.15, -0.1) is 0 Å². The smallest absolute Gasteiger partial charge is 0.255 e. The molecule has 2 aromatic carbocycles. The van der Waals surface area contributed by atoms with Gasteiger partial charge in [-0.3, -0.25) is 14.5 Å². The molecular formula is C26H29N3O3. The molecule has 0 unspecified atom stereocenters. The van der Waals surface area contributed by atoms with E-state index in [1.54, 1.807) is 42.7 Å². The molecule has 0 bridgehead atoms. The third-order valence-corrected chi connectivity index (χ3v) is 5.79. The quantitative estimate of drug-likeness (QED) is 0.569. The SMILES string of the molecule is C[C@H]1CCCN(Cc2ccc(C(=O)Nc3ccccc3C(=O)NCc3ccco3)cc2)C1. The van der Waals surface area contributed by atoms with Gasteiger partial charge in [0.15, 0.2) is 0 Å². The third-order valence-electron chi connectivity index (χ3n) is 5.79. The number of furan rings is 1. The molecule has 1 atom stereocenters. The van der Waals surface area contributed by atoms with E-state index in [1.165, 1.54) is 18.4 Å². The number of nitrogens with zero attached hydrogens (tertiary/aromatic N) is 1. The van der Waals surface area contributed by atoms with Crippen molar-refractivity contribution in [2.24, 2.45) is 5.92 Å². The molecule has 2 N–H and O–H groups in total. The standard InChI is InChI=1S/C26H29N3O3/c1-19-6-4-14-29(17-19)18-20-10-12-21(13-11-20)25(30)28-24-9-3-2-8-23(24)26(31)27-16-22-7-5-15-32-22/h2-3,5,7-13,15,19H,4,6,14,16-18H2,1H3,(H,27,31)(H,28,30)/t19-/m0/s1. The number of hydrogen-bond acceptors (Lipinski definition) is 4. The van der Waals surface area contributed by atoms with E-state index in [2.05, 4.69) is 22.5 Å². The lowest BCUT2D eigenvalue weighted by atomic mass is 9.99. The van der Waals surface area contributed by atoms with Gasteiger partial charge >= 0.3 is 0 Å². The molecule has 1 aliphatic rings. The molecule has 1 saturated heterocycles. The van der Waals surface area contributed by atoms with Crippen LogP contribution in [0.5, 0.6) is 0 Å². The lowest BCUT2D eigenvalue weighted by molar-refractivity contribution is 0.0949. The molecule has 2 amide bonds. The van der Waals surface area contributed by atoms with Crippen LogP contribution in [0.25, 0.3) is 0 Å². The average Bonchev–Trinajstić information content (AvgIpc) is 3.32. The van der Waals surface area contributed by atoms with Gasteiger partial charge in [-0.2, -0.15) is 0 Å². The summed E-state index contributed by atoms with van der Waals surface area (Å²) in [6.07, 6.45) is 4.11. The highest BCUT2D eigenvalue weighted by Gasteiger charge is 2.17. The number of benzene rings is 2.